The second-order valence-electron chi connectivity index (χ2n) is 4.45. The van der Waals surface area contributed by atoms with Gasteiger partial charge in [0.25, 0.3) is 0 Å². The van der Waals surface area contributed by atoms with Crippen molar-refractivity contribution in [1.82, 2.24) is 5.43 Å². The van der Waals surface area contributed by atoms with Crippen LogP contribution in [0.5, 0.6) is 0 Å². The van der Waals surface area contributed by atoms with Crippen molar-refractivity contribution in [3.05, 3.63) is 47.3 Å². The van der Waals surface area contributed by atoms with E-state index >= 15 is 0 Å². The van der Waals surface area contributed by atoms with Gasteiger partial charge in [-0.25, -0.2) is 4.39 Å². The van der Waals surface area contributed by atoms with E-state index in [1.54, 1.807) is 6.92 Å². The Bertz CT molecular complexity index is 454. The molecule has 0 heterocycles. The molecule has 19 heavy (non-hydrogen) atoms. The molecule has 2 nitrogen and oxygen atoms in total. The van der Waals surface area contributed by atoms with Crippen molar-refractivity contribution >= 4 is 0 Å². The molecule has 0 saturated heterocycles. The molecular formula is C13H16F4N2. The van der Waals surface area contributed by atoms with Gasteiger partial charge in [0.15, 0.2) is 0 Å². The van der Waals surface area contributed by atoms with Gasteiger partial charge in [0.1, 0.15) is 5.82 Å². The number of halogens is 4. The summed E-state index contributed by atoms with van der Waals surface area (Å²) in [6, 6.07) is 1.63. The highest BCUT2D eigenvalue weighted by Gasteiger charge is 2.31. The molecule has 0 amide bonds. The summed E-state index contributed by atoms with van der Waals surface area (Å²) in [7, 11) is 0. The fourth-order valence-corrected chi connectivity index (χ4v) is 1.71. The summed E-state index contributed by atoms with van der Waals surface area (Å²) >= 11 is 0. The molecule has 106 valence electrons. The van der Waals surface area contributed by atoms with Gasteiger partial charge >= 0.3 is 6.18 Å². The quantitative estimate of drug-likeness (QED) is 0.372. The Morgan fingerprint density at radius 1 is 1.42 bits per heavy atom. The fourth-order valence-electron chi connectivity index (χ4n) is 1.71. The van der Waals surface area contributed by atoms with Crippen LogP contribution >= 0.6 is 0 Å². The highest BCUT2D eigenvalue weighted by molar-refractivity contribution is 5.29. The zero-order valence-corrected chi connectivity index (χ0v) is 10.5. The van der Waals surface area contributed by atoms with Crippen molar-refractivity contribution in [2.75, 3.05) is 0 Å². The standard InChI is InChI=1S/C13H16F4N2/c1-8(2)3-6-12(19-18)10-7-9(13(15,16)17)4-5-11(10)14/h4-5,7,12,19H,1,3,6,18H2,2H3. The lowest BCUT2D eigenvalue weighted by molar-refractivity contribution is -0.137. The largest absolute Gasteiger partial charge is 0.416 e. The summed E-state index contributed by atoms with van der Waals surface area (Å²) in [4.78, 5) is 0. The lowest BCUT2D eigenvalue weighted by Gasteiger charge is -2.18. The molecule has 1 aromatic rings. The lowest BCUT2D eigenvalue weighted by atomic mass is 9.98. The van der Waals surface area contributed by atoms with E-state index in [-0.39, 0.29) is 5.56 Å². The van der Waals surface area contributed by atoms with Gasteiger partial charge in [-0.15, -0.1) is 6.58 Å². The average Bonchev–Trinajstić information content (AvgIpc) is 2.30. The predicted octanol–water partition coefficient (Wildman–Crippen LogP) is 3.71. The monoisotopic (exact) mass is 276 g/mol. The van der Waals surface area contributed by atoms with E-state index in [0.717, 1.165) is 17.7 Å². The van der Waals surface area contributed by atoms with Gasteiger partial charge in [0, 0.05) is 11.6 Å². The molecule has 1 unspecified atom stereocenters. The third-order valence-electron chi connectivity index (χ3n) is 2.76. The molecule has 0 aliphatic heterocycles. The molecule has 0 aliphatic carbocycles. The minimum absolute atomic E-state index is 0.0847. The van der Waals surface area contributed by atoms with E-state index in [2.05, 4.69) is 12.0 Å². The Hall–Kier alpha value is -1.40. The van der Waals surface area contributed by atoms with Crippen molar-refractivity contribution in [2.45, 2.75) is 32.0 Å². The Morgan fingerprint density at radius 2 is 2.05 bits per heavy atom. The highest BCUT2D eigenvalue weighted by atomic mass is 19.4. The van der Waals surface area contributed by atoms with Crippen LogP contribution in [0.2, 0.25) is 0 Å². The molecule has 0 spiro atoms. The maximum absolute atomic E-state index is 13.6. The van der Waals surface area contributed by atoms with Crippen molar-refractivity contribution < 1.29 is 17.6 Å². The summed E-state index contributed by atoms with van der Waals surface area (Å²) in [5.41, 5.74) is 2.23. The van der Waals surface area contributed by atoms with Gasteiger partial charge < -0.3 is 0 Å². The topological polar surface area (TPSA) is 38.0 Å². The number of hydrogen-bond acceptors (Lipinski definition) is 2. The summed E-state index contributed by atoms with van der Waals surface area (Å²) in [5, 5.41) is 0. The molecule has 1 rings (SSSR count). The van der Waals surface area contributed by atoms with Crippen LogP contribution in [0, 0.1) is 5.82 Å². The molecule has 0 radical (unpaired) electrons. The number of rotatable bonds is 5. The minimum Gasteiger partial charge on any atom is -0.271 e. The zero-order valence-electron chi connectivity index (χ0n) is 10.5. The smallest absolute Gasteiger partial charge is 0.271 e. The maximum atomic E-state index is 13.6. The number of nitrogens with one attached hydrogen (secondary N) is 1. The SMILES string of the molecule is C=C(C)CCC(NN)c1cc(C(F)(F)F)ccc1F. The molecule has 0 aliphatic rings. The lowest BCUT2D eigenvalue weighted by Crippen LogP contribution is -2.29. The zero-order chi connectivity index (χ0) is 14.6. The van der Waals surface area contributed by atoms with Gasteiger partial charge in [-0.3, -0.25) is 11.3 Å². The van der Waals surface area contributed by atoms with Crippen molar-refractivity contribution in [3.8, 4) is 0 Å². The van der Waals surface area contributed by atoms with Crippen LogP contribution in [0.4, 0.5) is 17.6 Å². The Morgan fingerprint density at radius 3 is 2.53 bits per heavy atom. The minimum atomic E-state index is -4.50. The van der Waals surface area contributed by atoms with Gasteiger partial charge in [0.2, 0.25) is 0 Å². The van der Waals surface area contributed by atoms with Gasteiger partial charge in [0.05, 0.1) is 5.56 Å². The fraction of sp³-hybridized carbons (Fsp3) is 0.385. The molecule has 1 aromatic carbocycles. The Kier molecular flexibility index (Phi) is 5.08. The first-order chi connectivity index (χ1) is 8.75. The van der Waals surface area contributed by atoms with E-state index < -0.39 is 23.6 Å². The van der Waals surface area contributed by atoms with Crippen LogP contribution < -0.4 is 11.3 Å². The van der Waals surface area contributed by atoms with Gasteiger partial charge in [-0.1, -0.05) is 5.57 Å². The molecule has 6 heteroatoms. The van der Waals surface area contributed by atoms with Gasteiger partial charge in [-0.2, -0.15) is 13.2 Å². The molecule has 0 bridgehead atoms. The Labute approximate surface area is 109 Å². The van der Waals surface area contributed by atoms with Crippen LogP contribution in [-0.4, -0.2) is 0 Å². The highest BCUT2D eigenvalue weighted by Crippen LogP contribution is 2.32. The molecule has 0 saturated carbocycles. The van der Waals surface area contributed by atoms with Crippen molar-refractivity contribution in [3.63, 3.8) is 0 Å². The summed E-state index contributed by atoms with van der Waals surface area (Å²) in [6.07, 6.45) is -3.58. The molecular weight excluding hydrogens is 260 g/mol. The summed E-state index contributed by atoms with van der Waals surface area (Å²) in [6.45, 7) is 5.48. The van der Waals surface area contributed by atoms with Gasteiger partial charge in [-0.05, 0) is 38.0 Å². The first-order valence-corrected chi connectivity index (χ1v) is 5.73. The first kappa shape index (κ1) is 15.7. The number of hydrogen-bond donors (Lipinski definition) is 2. The van der Waals surface area contributed by atoms with E-state index in [1.807, 2.05) is 0 Å². The van der Waals surface area contributed by atoms with E-state index in [9.17, 15) is 17.6 Å². The third kappa shape index (κ3) is 4.33. The maximum Gasteiger partial charge on any atom is 0.416 e. The van der Waals surface area contributed by atoms with E-state index in [0.29, 0.717) is 18.9 Å². The molecule has 0 aromatic heterocycles. The van der Waals surface area contributed by atoms with Crippen LogP contribution in [0.3, 0.4) is 0 Å². The number of allylic oxidation sites excluding steroid dienone is 1. The summed E-state index contributed by atoms with van der Waals surface area (Å²) < 4.78 is 51.4. The van der Waals surface area contributed by atoms with Crippen LogP contribution in [0.25, 0.3) is 0 Å². The number of benzene rings is 1. The van der Waals surface area contributed by atoms with Crippen LogP contribution in [-0.2, 0) is 6.18 Å². The number of hydrazine groups is 1. The number of nitrogens with two attached hydrogens (primary N) is 1. The van der Waals surface area contributed by atoms with Crippen LogP contribution in [0.1, 0.15) is 36.9 Å². The predicted molar refractivity (Wildman–Crippen MR) is 65.5 cm³/mol. The van der Waals surface area contributed by atoms with E-state index in [1.165, 1.54) is 0 Å². The molecule has 0 fully saturated rings. The van der Waals surface area contributed by atoms with Crippen LogP contribution in [0.15, 0.2) is 30.4 Å². The second-order valence-corrected chi connectivity index (χ2v) is 4.45. The Balaban J connectivity index is 3.05. The van der Waals surface area contributed by atoms with E-state index in [4.69, 9.17) is 5.84 Å². The first-order valence-electron chi connectivity index (χ1n) is 5.73. The molecule has 3 N–H and O–H groups in total. The molecule has 1 atom stereocenters. The summed E-state index contributed by atoms with van der Waals surface area (Å²) in [5.74, 6) is 4.58. The average molecular weight is 276 g/mol. The normalized spacial score (nSPS) is 13.4. The second kappa shape index (κ2) is 6.16. The van der Waals surface area contributed by atoms with Crippen molar-refractivity contribution in [2.24, 2.45) is 5.84 Å². The third-order valence-corrected chi connectivity index (χ3v) is 2.76. The van der Waals surface area contributed by atoms with Crippen molar-refractivity contribution in [1.29, 1.82) is 0 Å². The number of alkyl halides is 3.